The number of carbonyl (C=O) groups is 1. The van der Waals surface area contributed by atoms with E-state index >= 15 is 0 Å². The molecular weight excluding hydrogens is 389 g/mol. The third-order valence-corrected chi connectivity index (χ3v) is 4.68. The van der Waals surface area contributed by atoms with Crippen molar-refractivity contribution in [2.24, 2.45) is 5.92 Å². The summed E-state index contributed by atoms with van der Waals surface area (Å²) in [7, 11) is 0. The van der Waals surface area contributed by atoms with Crippen LogP contribution in [0, 0.1) is 18.7 Å². The summed E-state index contributed by atoms with van der Waals surface area (Å²) in [5, 5.41) is 2.88. The van der Waals surface area contributed by atoms with Gasteiger partial charge in [0.25, 0.3) is 5.56 Å². The Labute approximate surface area is 174 Å². The number of rotatable bonds is 9. The summed E-state index contributed by atoms with van der Waals surface area (Å²) < 4.78 is 15.0. The second-order valence-electron chi connectivity index (χ2n) is 7.71. The first kappa shape index (κ1) is 23.2. The lowest BCUT2D eigenvalue weighted by Crippen LogP contribution is -2.43. The average Bonchev–Trinajstić information content (AvgIpc) is 2.68. The normalized spacial score (nSPS) is 11.0. The lowest BCUT2D eigenvalue weighted by atomic mass is 10.2. The third kappa shape index (κ3) is 5.49. The number of halogens is 1. The van der Waals surface area contributed by atoms with Gasteiger partial charge < -0.3 is 16.0 Å². The molecule has 0 bridgehead atoms. The molecule has 1 aromatic carbocycles. The zero-order valence-corrected chi connectivity index (χ0v) is 17.9. The first-order valence-corrected chi connectivity index (χ1v) is 10.1. The second kappa shape index (κ2) is 10.1. The number of carbonyl (C=O) groups excluding carboxylic acids is 1. The molecule has 8 nitrogen and oxygen atoms in total. The molecule has 0 aliphatic carbocycles. The minimum absolute atomic E-state index is 0.0365. The minimum Gasteiger partial charge on any atom is -0.383 e. The Bertz CT molecular complexity index is 1010. The highest BCUT2D eigenvalue weighted by Gasteiger charge is 2.24. The van der Waals surface area contributed by atoms with Gasteiger partial charge in [0.15, 0.2) is 5.69 Å². The number of unbranched alkanes of at least 4 members (excludes halogenated alkanes) is 1. The number of nitrogens with two attached hydrogens (primary N) is 1. The highest BCUT2D eigenvalue weighted by Crippen LogP contribution is 2.19. The van der Waals surface area contributed by atoms with Crippen molar-refractivity contribution in [1.82, 2.24) is 9.55 Å². The van der Waals surface area contributed by atoms with Crippen LogP contribution in [0.1, 0.15) is 39.2 Å². The summed E-state index contributed by atoms with van der Waals surface area (Å²) in [5.74, 6) is -0.710. The number of nitrogens with zero attached hydrogens (tertiary/aromatic N) is 2. The van der Waals surface area contributed by atoms with Crippen LogP contribution in [0.15, 0.2) is 27.8 Å². The SMILES string of the molecule is CCCCN(C(=O)CNc1ccc(C)c(F)c1)c1c(N)n(CC(C)C)c(=O)[nH]c1=O. The van der Waals surface area contributed by atoms with Gasteiger partial charge in [0.2, 0.25) is 5.91 Å². The van der Waals surface area contributed by atoms with Gasteiger partial charge in [-0.05, 0) is 37.0 Å². The van der Waals surface area contributed by atoms with Crippen LogP contribution in [0.2, 0.25) is 0 Å². The molecule has 4 N–H and O–H groups in total. The van der Waals surface area contributed by atoms with Gasteiger partial charge in [-0.1, -0.05) is 33.3 Å². The van der Waals surface area contributed by atoms with Gasteiger partial charge in [-0.15, -0.1) is 0 Å². The van der Waals surface area contributed by atoms with E-state index in [1.807, 2.05) is 20.8 Å². The standard InChI is InChI=1S/C21H30FN5O3/c1-5-6-9-26(17(28)11-24-15-8-7-14(4)16(22)10-15)18-19(23)27(12-13(2)3)21(30)25-20(18)29/h7-8,10,13,24H,5-6,9,11-12,23H2,1-4H3,(H,25,29,30). The molecule has 0 unspecified atom stereocenters. The molecule has 0 saturated carbocycles. The van der Waals surface area contributed by atoms with E-state index in [4.69, 9.17) is 5.73 Å². The maximum absolute atomic E-state index is 13.8. The topological polar surface area (TPSA) is 113 Å². The van der Waals surface area contributed by atoms with Crippen molar-refractivity contribution in [2.45, 2.75) is 47.1 Å². The molecule has 9 heteroatoms. The number of aryl methyl sites for hydroxylation is 1. The fourth-order valence-electron chi connectivity index (χ4n) is 3.04. The van der Waals surface area contributed by atoms with Crippen LogP contribution in [-0.4, -0.2) is 28.5 Å². The summed E-state index contributed by atoms with van der Waals surface area (Å²) in [6.07, 6.45) is 1.44. The van der Waals surface area contributed by atoms with Crippen LogP contribution in [0.3, 0.4) is 0 Å². The number of aromatic amines is 1. The van der Waals surface area contributed by atoms with Gasteiger partial charge in [0.05, 0.1) is 6.54 Å². The molecule has 0 aliphatic rings. The Hall–Kier alpha value is -3.10. The monoisotopic (exact) mass is 419 g/mol. The van der Waals surface area contributed by atoms with Crippen molar-refractivity contribution in [3.63, 3.8) is 0 Å². The van der Waals surface area contributed by atoms with E-state index in [9.17, 15) is 18.8 Å². The van der Waals surface area contributed by atoms with Gasteiger partial charge in [-0.2, -0.15) is 0 Å². The van der Waals surface area contributed by atoms with Crippen LogP contribution in [0.5, 0.6) is 0 Å². The molecule has 1 aromatic heterocycles. The summed E-state index contributed by atoms with van der Waals surface area (Å²) in [6.45, 7) is 7.87. The van der Waals surface area contributed by atoms with Gasteiger partial charge in [-0.3, -0.25) is 19.1 Å². The summed E-state index contributed by atoms with van der Waals surface area (Å²) in [5.41, 5.74) is 5.77. The summed E-state index contributed by atoms with van der Waals surface area (Å²) in [4.78, 5) is 41.3. The van der Waals surface area contributed by atoms with Gasteiger partial charge in [0.1, 0.15) is 11.6 Å². The Morgan fingerprint density at radius 3 is 2.63 bits per heavy atom. The molecule has 0 fully saturated rings. The first-order valence-electron chi connectivity index (χ1n) is 10.1. The molecule has 0 spiro atoms. The lowest BCUT2D eigenvalue weighted by molar-refractivity contribution is -0.117. The van der Waals surface area contributed by atoms with E-state index in [0.717, 1.165) is 6.42 Å². The lowest BCUT2D eigenvalue weighted by Gasteiger charge is -2.25. The second-order valence-corrected chi connectivity index (χ2v) is 7.71. The Morgan fingerprint density at radius 1 is 1.33 bits per heavy atom. The van der Waals surface area contributed by atoms with E-state index < -0.39 is 17.2 Å². The Kier molecular flexibility index (Phi) is 7.79. The molecule has 0 radical (unpaired) electrons. The molecular formula is C21H30FN5O3. The molecule has 0 atom stereocenters. The third-order valence-electron chi connectivity index (χ3n) is 4.68. The Balaban J connectivity index is 2.36. The number of hydrogen-bond acceptors (Lipinski definition) is 5. The van der Waals surface area contributed by atoms with E-state index in [2.05, 4.69) is 10.3 Å². The highest BCUT2D eigenvalue weighted by atomic mass is 19.1. The number of nitrogen functional groups attached to an aromatic ring is 1. The summed E-state index contributed by atoms with van der Waals surface area (Å²) >= 11 is 0. The molecule has 1 heterocycles. The molecule has 1 amide bonds. The van der Waals surface area contributed by atoms with Crippen LogP contribution < -0.4 is 27.2 Å². The van der Waals surface area contributed by atoms with Gasteiger partial charge >= 0.3 is 5.69 Å². The predicted molar refractivity (Wildman–Crippen MR) is 117 cm³/mol. The van der Waals surface area contributed by atoms with Gasteiger partial charge in [0, 0.05) is 18.8 Å². The molecule has 0 saturated heterocycles. The van der Waals surface area contributed by atoms with E-state index in [0.29, 0.717) is 24.2 Å². The molecule has 2 aromatic rings. The van der Waals surface area contributed by atoms with Crippen molar-refractivity contribution >= 4 is 23.1 Å². The van der Waals surface area contributed by atoms with Crippen molar-refractivity contribution in [3.05, 3.63) is 50.4 Å². The largest absolute Gasteiger partial charge is 0.383 e. The van der Waals surface area contributed by atoms with Crippen LogP contribution >= 0.6 is 0 Å². The summed E-state index contributed by atoms with van der Waals surface area (Å²) in [6, 6.07) is 4.59. The van der Waals surface area contributed by atoms with Crippen LogP contribution in [0.25, 0.3) is 0 Å². The number of anilines is 3. The maximum atomic E-state index is 13.8. The van der Waals surface area contributed by atoms with Crippen molar-refractivity contribution in [1.29, 1.82) is 0 Å². The number of amides is 1. The van der Waals surface area contributed by atoms with Crippen molar-refractivity contribution in [2.75, 3.05) is 29.0 Å². The number of aromatic nitrogens is 2. The van der Waals surface area contributed by atoms with E-state index in [1.165, 1.54) is 15.5 Å². The van der Waals surface area contributed by atoms with Crippen LogP contribution in [-0.2, 0) is 11.3 Å². The van der Waals surface area contributed by atoms with Crippen molar-refractivity contribution < 1.29 is 9.18 Å². The fourth-order valence-corrected chi connectivity index (χ4v) is 3.04. The van der Waals surface area contributed by atoms with Gasteiger partial charge in [-0.25, -0.2) is 9.18 Å². The smallest absolute Gasteiger partial charge is 0.330 e. The highest BCUT2D eigenvalue weighted by molar-refractivity contribution is 5.98. The van der Waals surface area contributed by atoms with E-state index in [1.54, 1.807) is 19.1 Å². The predicted octanol–water partition coefficient (Wildman–Crippen LogP) is 2.47. The maximum Gasteiger partial charge on any atom is 0.330 e. The number of hydrogen-bond donors (Lipinski definition) is 3. The zero-order chi connectivity index (χ0) is 22.4. The minimum atomic E-state index is -0.705. The molecule has 30 heavy (non-hydrogen) atoms. The first-order chi connectivity index (χ1) is 14.1. The zero-order valence-electron chi connectivity index (χ0n) is 17.9. The van der Waals surface area contributed by atoms with Crippen molar-refractivity contribution in [3.8, 4) is 0 Å². The molecule has 0 aliphatic heterocycles. The van der Waals surface area contributed by atoms with Crippen LogP contribution in [0.4, 0.5) is 21.6 Å². The number of H-pyrrole nitrogens is 1. The molecule has 164 valence electrons. The molecule has 2 rings (SSSR count). The Morgan fingerprint density at radius 2 is 2.03 bits per heavy atom. The fraction of sp³-hybridized carbons (Fsp3) is 0.476. The quantitative estimate of drug-likeness (QED) is 0.578. The average molecular weight is 420 g/mol. The number of nitrogens with one attached hydrogen (secondary N) is 2. The van der Waals surface area contributed by atoms with E-state index in [-0.39, 0.29) is 36.3 Å². The number of benzene rings is 1.